The molecule has 0 radical (unpaired) electrons. The van der Waals surface area contributed by atoms with Crippen LogP contribution >= 0.6 is 11.6 Å². The Hall–Kier alpha value is -0.980. The van der Waals surface area contributed by atoms with Crippen molar-refractivity contribution in [3.8, 4) is 5.75 Å². The fourth-order valence-corrected chi connectivity index (χ4v) is 1.95. The van der Waals surface area contributed by atoms with Gasteiger partial charge in [-0.3, -0.25) is 0 Å². The Bertz CT molecular complexity index is 419. The first kappa shape index (κ1) is 13.5. The molecule has 0 spiro atoms. The van der Waals surface area contributed by atoms with Crippen LogP contribution in [-0.2, 0) is 4.74 Å². The van der Waals surface area contributed by atoms with Crippen molar-refractivity contribution in [2.45, 2.75) is 12.4 Å². The van der Waals surface area contributed by atoms with Crippen molar-refractivity contribution in [2.75, 3.05) is 19.8 Å². The number of hydrogen-bond donors (Lipinski definition) is 1. The van der Waals surface area contributed by atoms with Gasteiger partial charge in [-0.1, -0.05) is 17.7 Å². The number of benzene rings is 1. The number of rotatable bonds is 2. The molecule has 1 aliphatic heterocycles. The topological polar surface area (TPSA) is 30.5 Å². The summed E-state index contributed by atoms with van der Waals surface area (Å²) < 4.78 is 45.3. The average molecular weight is 282 g/mol. The van der Waals surface area contributed by atoms with Crippen LogP contribution < -0.4 is 10.1 Å². The van der Waals surface area contributed by atoms with E-state index in [1.165, 1.54) is 12.1 Å². The zero-order valence-corrected chi connectivity index (χ0v) is 10.0. The van der Waals surface area contributed by atoms with Crippen LogP contribution in [0.15, 0.2) is 18.2 Å². The fraction of sp³-hybridized carbons (Fsp3) is 0.455. The second-order valence-corrected chi connectivity index (χ2v) is 4.23. The predicted octanol–water partition coefficient (Wildman–Crippen LogP) is 2.90. The molecule has 7 heteroatoms. The molecule has 0 aromatic heterocycles. The Labute approximate surface area is 107 Å². The van der Waals surface area contributed by atoms with E-state index in [-0.39, 0.29) is 11.1 Å². The minimum Gasteiger partial charge on any atom is -0.404 e. The molecule has 0 amide bonds. The summed E-state index contributed by atoms with van der Waals surface area (Å²) in [5.74, 6) is -0.398. The molecular formula is C11H11ClF3NO2. The third kappa shape index (κ3) is 3.51. The number of alkyl halides is 3. The van der Waals surface area contributed by atoms with Crippen LogP contribution in [0.3, 0.4) is 0 Å². The van der Waals surface area contributed by atoms with Gasteiger partial charge in [0.05, 0.1) is 24.3 Å². The lowest BCUT2D eigenvalue weighted by molar-refractivity contribution is -0.274. The molecule has 1 heterocycles. The summed E-state index contributed by atoms with van der Waals surface area (Å²) in [7, 11) is 0. The van der Waals surface area contributed by atoms with Gasteiger partial charge in [0.2, 0.25) is 0 Å². The number of ether oxygens (including phenoxy) is 2. The Morgan fingerprint density at radius 1 is 1.39 bits per heavy atom. The number of hydrogen-bond acceptors (Lipinski definition) is 3. The molecule has 2 rings (SSSR count). The molecule has 0 aliphatic carbocycles. The standard InChI is InChI=1S/C11H11ClF3NO2/c12-8-5-7(9-6-17-4-3-16-9)1-2-10(8)18-11(13,14)15/h1-2,5,9,16H,3-4,6H2. The monoisotopic (exact) mass is 281 g/mol. The maximum Gasteiger partial charge on any atom is 0.573 e. The van der Waals surface area contributed by atoms with E-state index in [1.54, 1.807) is 6.07 Å². The molecule has 1 aromatic carbocycles. The lowest BCUT2D eigenvalue weighted by Gasteiger charge is -2.24. The van der Waals surface area contributed by atoms with Crippen molar-refractivity contribution in [3.63, 3.8) is 0 Å². The highest BCUT2D eigenvalue weighted by Crippen LogP contribution is 2.32. The normalized spacial score (nSPS) is 20.8. The van der Waals surface area contributed by atoms with Crippen LogP contribution in [0.4, 0.5) is 13.2 Å². The van der Waals surface area contributed by atoms with Gasteiger partial charge in [-0.15, -0.1) is 13.2 Å². The van der Waals surface area contributed by atoms with Crippen LogP contribution in [0.5, 0.6) is 5.75 Å². The van der Waals surface area contributed by atoms with Gasteiger partial charge in [0.25, 0.3) is 0 Å². The first-order valence-corrected chi connectivity index (χ1v) is 5.70. The van der Waals surface area contributed by atoms with Gasteiger partial charge < -0.3 is 14.8 Å². The Kier molecular flexibility index (Phi) is 3.99. The van der Waals surface area contributed by atoms with E-state index in [1.807, 2.05) is 0 Å². The molecule has 0 bridgehead atoms. The van der Waals surface area contributed by atoms with Gasteiger partial charge in [-0.05, 0) is 17.7 Å². The summed E-state index contributed by atoms with van der Waals surface area (Å²) >= 11 is 5.76. The molecule has 18 heavy (non-hydrogen) atoms. The van der Waals surface area contributed by atoms with Gasteiger partial charge in [0, 0.05) is 6.54 Å². The molecule has 1 atom stereocenters. The molecule has 1 saturated heterocycles. The van der Waals surface area contributed by atoms with Crippen LogP contribution in [0.1, 0.15) is 11.6 Å². The molecule has 1 N–H and O–H groups in total. The minimum absolute atomic E-state index is 0.0591. The molecule has 1 fully saturated rings. The van der Waals surface area contributed by atoms with E-state index in [2.05, 4.69) is 10.1 Å². The van der Waals surface area contributed by atoms with Crippen molar-refractivity contribution in [1.29, 1.82) is 0 Å². The SMILES string of the molecule is FC(F)(F)Oc1ccc(C2COCCN2)cc1Cl. The lowest BCUT2D eigenvalue weighted by Crippen LogP contribution is -2.34. The van der Waals surface area contributed by atoms with E-state index < -0.39 is 12.1 Å². The Morgan fingerprint density at radius 2 is 2.17 bits per heavy atom. The van der Waals surface area contributed by atoms with Gasteiger partial charge in [0.15, 0.2) is 0 Å². The molecule has 100 valence electrons. The summed E-state index contributed by atoms with van der Waals surface area (Å²) in [6.07, 6.45) is -4.74. The molecule has 1 aromatic rings. The zero-order valence-electron chi connectivity index (χ0n) is 9.26. The van der Waals surface area contributed by atoms with Crippen LogP contribution in [0.25, 0.3) is 0 Å². The van der Waals surface area contributed by atoms with E-state index in [0.717, 1.165) is 5.56 Å². The highest BCUT2D eigenvalue weighted by atomic mass is 35.5. The van der Waals surface area contributed by atoms with E-state index >= 15 is 0 Å². The van der Waals surface area contributed by atoms with Gasteiger partial charge >= 0.3 is 6.36 Å². The quantitative estimate of drug-likeness (QED) is 0.904. The largest absolute Gasteiger partial charge is 0.573 e. The number of halogens is 4. The summed E-state index contributed by atoms with van der Waals surface area (Å²) in [6.45, 7) is 1.79. The molecule has 0 saturated carbocycles. The van der Waals surface area contributed by atoms with E-state index in [9.17, 15) is 13.2 Å². The van der Waals surface area contributed by atoms with Crippen molar-refractivity contribution in [1.82, 2.24) is 5.32 Å². The lowest BCUT2D eigenvalue weighted by atomic mass is 10.1. The second kappa shape index (κ2) is 5.34. The van der Waals surface area contributed by atoms with E-state index in [0.29, 0.717) is 19.8 Å². The van der Waals surface area contributed by atoms with Crippen molar-refractivity contribution in [3.05, 3.63) is 28.8 Å². The predicted molar refractivity (Wildman–Crippen MR) is 59.7 cm³/mol. The molecule has 3 nitrogen and oxygen atoms in total. The first-order valence-electron chi connectivity index (χ1n) is 5.32. The number of morpholine rings is 1. The third-order valence-corrected chi connectivity index (χ3v) is 2.80. The third-order valence-electron chi connectivity index (χ3n) is 2.51. The Balaban J connectivity index is 2.13. The molecular weight excluding hydrogens is 271 g/mol. The van der Waals surface area contributed by atoms with Crippen LogP contribution in [-0.4, -0.2) is 26.1 Å². The Morgan fingerprint density at radius 3 is 2.72 bits per heavy atom. The maximum atomic E-state index is 12.1. The summed E-state index contributed by atoms with van der Waals surface area (Å²) in [5.41, 5.74) is 0.772. The smallest absolute Gasteiger partial charge is 0.404 e. The van der Waals surface area contributed by atoms with Crippen molar-refractivity contribution >= 4 is 11.6 Å². The van der Waals surface area contributed by atoms with Crippen LogP contribution in [0.2, 0.25) is 5.02 Å². The minimum atomic E-state index is -4.74. The fourth-order valence-electron chi connectivity index (χ4n) is 1.72. The summed E-state index contributed by atoms with van der Waals surface area (Å²) in [4.78, 5) is 0. The van der Waals surface area contributed by atoms with Gasteiger partial charge in [-0.2, -0.15) is 0 Å². The summed E-state index contributed by atoms with van der Waals surface area (Å²) in [6, 6.07) is 4.14. The molecule has 1 aliphatic rings. The second-order valence-electron chi connectivity index (χ2n) is 3.82. The maximum absolute atomic E-state index is 12.1. The van der Waals surface area contributed by atoms with Crippen molar-refractivity contribution in [2.24, 2.45) is 0 Å². The summed E-state index contributed by atoms with van der Waals surface area (Å²) in [5, 5.41) is 3.11. The van der Waals surface area contributed by atoms with Crippen molar-refractivity contribution < 1.29 is 22.6 Å². The molecule has 1 unspecified atom stereocenters. The van der Waals surface area contributed by atoms with Gasteiger partial charge in [-0.25, -0.2) is 0 Å². The average Bonchev–Trinajstić information content (AvgIpc) is 2.31. The zero-order chi connectivity index (χ0) is 13.2. The first-order chi connectivity index (χ1) is 8.46. The van der Waals surface area contributed by atoms with E-state index in [4.69, 9.17) is 16.3 Å². The van der Waals surface area contributed by atoms with Gasteiger partial charge in [0.1, 0.15) is 5.75 Å². The number of nitrogens with one attached hydrogen (secondary N) is 1. The highest BCUT2D eigenvalue weighted by molar-refractivity contribution is 6.32. The highest BCUT2D eigenvalue weighted by Gasteiger charge is 2.32. The van der Waals surface area contributed by atoms with Crippen LogP contribution in [0, 0.1) is 0 Å².